The van der Waals surface area contributed by atoms with Crippen molar-refractivity contribution in [2.75, 3.05) is 37.6 Å². The summed E-state index contributed by atoms with van der Waals surface area (Å²) in [6, 6.07) is 10.0. The number of rotatable bonds is 2. The summed E-state index contributed by atoms with van der Waals surface area (Å²) < 4.78 is 1.81. The number of anilines is 1. The van der Waals surface area contributed by atoms with E-state index in [0.717, 1.165) is 44.4 Å². The number of tetrazole rings is 1. The summed E-state index contributed by atoms with van der Waals surface area (Å²) in [5.41, 5.74) is 0.986. The first-order chi connectivity index (χ1) is 11.3. The molecule has 2 aliphatic rings. The van der Waals surface area contributed by atoms with Gasteiger partial charge in [0.15, 0.2) is 5.17 Å². The van der Waals surface area contributed by atoms with Gasteiger partial charge in [0.2, 0.25) is 5.95 Å². The summed E-state index contributed by atoms with van der Waals surface area (Å²) >= 11 is 1.88. The third-order valence-corrected chi connectivity index (χ3v) is 5.23. The van der Waals surface area contributed by atoms with Crippen LogP contribution in [0.2, 0.25) is 0 Å². The molecule has 0 radical (unpaired) electrons. The standard InChI is InChI=1S/C15H19N7S/c1-12-11-16-15(23-12)21-9-7-20(8-10-21)14-17-18-19-22(14)13-5-3-2-4-6-13/h2-6,12H,7-11H2,1H3/t12-/m1/s1. The topological polar surface area (TPSA) is 62.4 Å². The fourth-order valence-corrected chi connectivity index (χ4v) is 3.84. The largest absolute Gasteiger partial charge is 0.348 e. The molecule has 0 bridgehead atoms. The van der Waals surface area contributed by atoms with Gasteiger partial charge in [-0.25, -0.2) is 0 Å². The zero-order valence-corrected chi connectivity index (χ0v) is 13.9. The van der Waals surface area contributed by atoms with E-state index in [1.165, 1.54) is 5.17 Å². The molecule has 1 aromatic heterocycles. The van der Waals surface area contributed by atoms with Crippen LogP contribution in [-0.4, -0.2) is 68.2 Å². The molecule has 23 heavy (non-hydrogen) atoms. The van der Waals surface area contributed by atoms with Gasteiger partial charge >= 0.3 is 0 Å². The number of amidine groups is 1. The summed E-state index contributed by atoms with van der Waals surface area (Å²) in [4.78, 5) is 9.25. The highest BCUT2D eigenvalue weighted by atomic mass is 32.2. The number of benzene rings is 1. The zero-order chi connectivity index (χ0) is 15.6. The zero-order valence-electron chi connectivity index (χ0n) is 13.0. The average Bonchev–Trinajstić information content (AvgIpc) is 3.25. The van der Waals surface area contributed by atoms with E-state index >= 15 is 0 Å². The molecule has 8 heteroatoms. The maximum Gasteiger partial charge on any atom is 0.250 e. The van der Waals surface area contributed by atoms with Crippen molar-refractivity contribution in [3.8, 4) is 5.69 Å². The molecule has 0 saturated carbocycles. The second-order valence-corrected chi connectivity index (χ2v) is 7.16. The fourth-order valence-electron chi connectivity index (χ4n) is 2.85. The molecule has 3 heterocycles. The minimum atomic E-state index is 0.605. The number of hydrogen-bond donors (Lipinski definition) is 0. The van der Waals surface area contributed by atoms with E-state index in [1.54, 1.807) is 4.68 Å². The summed E-state index contributed by atoms with van der Waals surface area (Å²) in [7, 11) is 0. The first-order valence-electron chi connectivity index (χ1n) is 7.86. The van der Waals surface area contributed by atoms with E-state index in [4.69, 9.17) is 0 Å². The molecule has 0 aliphatic carbocycles. The summed E-state index contributed by atoms with van der Waals surface area (Å²) in [5.74, 6) is 0.810. The Morgan fingerprint density at radius 1 is 1.04 bits per heavy atom. The Bertz CT molecular complexity index is 691. The molecule has 2 aliphatic heterocycles. The fraction of sp³-hybridized carbons (Fsp3) is 0.467. The van der Waals surface area contributed by atoms with E-state index in [1.807, 2.05) is 42.1 Å². The molecule has 2 aromatic rings. The van der Waals surface area contributed by atoms with Crippen LogP contribution in [-0.2, 0) is 0 Å². The monoisotopic (exact) mass is 329 g/mol. The first-order valence-corrected chi connectivity index (χ1v) is 8.74. The van der Waals surface area contributed by atoms with Gasteiger partial charge in [-0.1, -0.05) is 42.0 Å². The van der Waals surface area contributed by atoms with Crippen molar-refractivity contribution >= 4 is 22.9 Å². The summed E-state index contributed by atoms with van der Waals surface area (Å²) in [6.07, 6.45) is 0. The van der Waals surface area contributed by atoms with Gasteiger partial charge in [-0.15, -0.1) is 0 Å². The van der Waals surface area contributed by atoms with Gasteiger partial charge in [-0.2, -0.15) is 4.68 Å². The number of aromatic nitrogens is 4. The van der Waals surface area contributed by atoms with E-state index in [0.29, 0.717) is 5.25 Å². The highest BCUT2D eigenvalue weighted by molar-refractivity contribution is 8.14. The second-order valence-electron chi connectivity index (χ2n) is 5.75. The summed E-state index contributed by atoms with van der Waals surface area (Å²) in [6.45, 7) is 6.89. The lowest BCUT2D eigenvalue weighted by molar-refractivity contribution is 0.388. The van der Waals surface area contributed by atoms with Gasteiger partial charge in [0, 0.05) is 31.4 Å². The van der Waals surface area contributed by atoms with E-state index in [9.17, 15) is 0 Å². The van der Waals surface area contributed by atoms with Crippen LogP contribution in [0.15, 0.2) is 35.3 Å². The molecule has 0 N–H and O–H groups in total. The Kier molecular flexibility index (Phi) is 3.90. The van der Waals surface area contributed by atoms with Crippen molar-refractivity contribution in [2.45, 2.75) is 12.2 Å². The molecule has 1 aromatic carbocycles. The Morgan fingerprint density at radius 2 is 1.78 bits per heavy atom. The predicted molar refractivity (Wildman–Crippen MR) is 92.3 cm³/mol. The Balaban J connectivity index is 1.46. The predicted octanol–water partition coefficient (Wildman–Crippen LogP) is 1.28. The van der Waals surface area contributed by atoms with Gasteiger partial charge in [0.25, 0.3) is 0 Å². The summed E-state index contributed by atoms with van der Waals surface area (Å²) in [5, 5.41) is 14.0. The number of aliphatic imine (C=N–C) groups is 1. The minimum Gasteiger partial charge on any atom is -0.348 e. The quantitative estimate of drug-likeness (QED) is 0.827. The molecule has 4 rings (SSSR count). The van der Waals surface area contributed by atoms with Crippen molar-refractivity contribution in [1.82, 2.24) is 25.1 Å². The van der Waals surface area contributed by atoms with Gasteiger partial charge in [0.1, 0.15) is 0 Å². The van der Waals surface area contributed by atoms with E-state index in [-0.39, 0.29) is 0 Å². The van der Waals surface area contributed by atoms with Gasteiger partial charge in [-0.05, 0) is 22.6 Å². The average molecular weight is 329 g/mol. The van der Waals surface area contributed by atoms with Crippen molar-refractivity contribution in [1.29, 1.82) is 0 Å². The van der Waals surface area contributed by atoms with Crippen LogP contribution in [0.4, 0.5) is 5.95 Å². The van der Waals surface area contributed by atoms with Crippen LogP contribution in [0.25, 0.3) is 5.69 Å². The molecule has 7 nitrogen and oxygen atoms in total. The van der Waals surface area contributed by atoms with Crippen LogP contribution in [0.3, 0.4) is 0 Å². The van der Waals surface area contributed by atoms with Gasteiger partial charge in [0.05, 0.1) is 12.2 Å². The minimum absolute atomic E-state index is 0.605. The molecule has 1 fully saturated rings. The third kappa shape index (κ3) is 2.90. The molecule has 1 atom stereocenters. The molecule has 120 valence electrons. The molecule has 0 amide bonds. The maximum absolute atomic E-state index is 4.63. The van der Waals surface area contributed by atoms with Crippen molar-refractivity contribution < 1.29 is 0 Å². The molecular weight excluding hydrogens is 310 g/mol. The smallest absolute Gasteiger partial charge is 0.250 e. The first kappa shape index (κ1) is 14.5. The van der Waals surface area contributed by atoms with Crippen molar-refractivity contribution in [3.63, 3.8) is 0 Å². The number of thioether (sulfide) groups is 1. The van der Waals surface area contributed by atoms with Gasteiger partial charge in [-0.3, -0.25) is 4.99 Å². The lowest BCUT2D eigenvalue weighted by Gasteiger charge is -2.35. The molecule has 0 unspecified atom stereocenters. The highest BCUT2D eigenvalue weighted by Crippen LogP contribution is 2.24. The van der Waals surface area contributed by atoms with E-state index < -0.39 is 0 Å². The van der Waals surface area contributed by atoms with Gasteiger partial charge < -0.3 is 9.80 Å². The van der Waals surface area contributed by atoms with Crippen LogP contribution in [0, 0.1) is 0 Å². The molecule has 0 spiro atoms. The number of piperazine rings is 1. The number of hydrogen-bond acceptors (Lipinski definition) is 7. The lowest BCUT2D eigenvalue weighted by atomic mass is 10.3. The molecule has 1 saturated heterocycles. The van der Waals surface area contributed by atoms with Crippen LogP contribution in [0.5, 0.6) is 0 Å². The Labute approximate surface area is 139 Å². The SMILES string of the molecule is C[C@@H]1CN=C(N2CCN(c3nnnn3-c3ccccc3)CC2)S1. The van der Waals surface area contributed by atoms with Crippen LogP contribution >= 0.6 is 11.8 Å². The maximum atomic E-state index is 4.63. The van der Waals surface area contributed by atoms with E-state index in [2.05, 4.69) is 37.2 Å². The van der Waals surface area contributed by atoms with Crippen molar-refractivity contribution in [3.05, 3.63) is 30.3 Å². The number of para-hydroxylation sites is 1. The van der Waals surface area contributed by atoms with Crippen molar-refractivity contribution in [2.24, 2.45) is 4.99 Å². The highest BCUT2D eigenvalue weighted by Gasteiger charge is 2.26. The Hall–Kier alpha value is -2.09. The lowest BCUT2D eigenvalue weighted by Crippen LogP contribution is -2.48. The second kappa shape index (κ2) is 6.19. The van der Waals surface area contributed by atoms with Crippen LogP contribution in [0.1, 0.15) is 6.92 Å². The van der Waals surface area contributed by atoms with Crippen LogP contribution < -0.4 is 4.90 Å². The third-order valence-electron chi connectivity index (χ3n) is 4.08. The molecular formula is C15H19N7S. The Morgan fingerprint density at radius 3 is 2.48 bits per heavy atom. The normalized spacial score (nSPS) is 21.6. The number of nitrogens with zero attached hydrogens (tertiary/aromatic N) is 7.